The molecule has 0 saturated heterocycles. The van der Waals surface area contributed by atoms with Crippen molar-refractivity contribution in [1.29, 1.82) is 0 Å². The number of hydrogen-bond acceptors (Lipinski definition) is 2. The number of rotatable bonds is 11. The number of unbranched alkanes of at least 4 members (excludes halogenated alkanes) is 5. The van der Waals surface area contributed by atoms with Gasteiger partial charge in [-0.05, 0) is 33.5 Å². The summed E-state index contributed by atoms with van der Waals surface area (Å²) in [6.07, 6.45) is 8.93. The first-order valence-corrected chi connectivity index (χ1v) is 7.35. The smallest absolute Gasteiger partial charge is 0.188 e. The monoisotopic (exact) mass is 256 g/mol. The lowest BCUT2D eigenvalue weighted by atomic mass is 10.1. The molecule has 0 aliphatic carbocycles. The van der Waals surface area contributed by atoms with E-state index in [-0.39, 0.29) is 0 Å². The molecule has 0 unspecified atom stereocenters. The lowest BCUT2D eigenvalue weighted by Gasteiger charge is -2.08. The molecule has 0 saturated carbocycles. The van der Waals surface area contributed by atoms with Gasteiger partial charge in [0.25, 0.3) is 0 Å². The third-order valence-electron chi connectivity index (χ3n) is 2.88. The number of aliphatic imine (C=N–C) groups is 1. The predicted molar refractivity (Wildman–Crippen MR) is 81.0 cm³/mol. The number of hydrogen-bond donors (Lipinski definition) is 2. The van der Waals surface area contributed by atoms with Gasteiger partial charge in [0.2, 0.25) is 0 Å². The fourth-order valence-corrected chi connectivity index (χ4v) is 1.76. The maximum Gasteiger partial charge on any atom is 0.188 e. The summed E-state index contributed by atoms with van der Waals surface area (Å²) in [4.78, 5) is 6.46. The summed E-state index contributed by atoms with van der Waals surface area (Å²) in [7, 11) is 4.15. The van der Waals surface area contributed by atoms with E-state index in [4.69, 9.17) is 5.73 Å². The molecule has 4 heteroatoms. The van der Waals surface area contributed by atoms with Gasteiger partial charge in [-0.25, -0.2) is 0 Å². The molecule has 4 nitrogen and oxygen atoms in total. The first-order chi connectivity index (χ1) is 8.66. The summed E-state index contributed by atoms with van der Waals surface area (Å²) in [6.45, 7) is 5.08. The molecule has 0 aromatic carbocycles. The topological polar surface area (TPSA) is 53.6 Å². The molecular formula is C14H32N4. The minimum Gasteiger partial charge on any atom is -0.370 e. The zero-order valence-corrected chi connectivity index (χ0v) is 12.5. The highest BCUT2D eigenvalue weighted by Gasteiger charge is 1.93. The normalized spacial score (nSPS) is 12.1. The van der Waals surface area contributed by atoms with Crippen molar-refractivity contribution in [3.8, 4) is 0 Å². The molecule has 0 amide bonds. The molecular weight excluding hydrogens is 224 g/mol. The van der Waals surface area contributed by atoms with Crippen LogP contribution in [-0.2, 0) is 0 Å². The maximum atomic E-state index is 5.78. The van der Waals surface area contributed by atoms with Gasteiger partial charge >= 0.3 is 0 Å². The summed E-state index contributed by atoms with van der Waals surface area (Å²) < 4.78 is 0. The van der Waals surface area contributed by atoms with Crippen LogP contribution in [0.25, 0.3) is 0 Å². The number of nitrogens with one attached hydrogen (secondary N) is 1. The Morgan fingerprint density at radius 2 is 1.72 bits per heavy atom. The lowest BCUT2D eigenvalue weighted by molar-refractivity contribution is 0.403. The van der Waals surface area contributed by atoms with Crippen LogP contribution in [0.1, 0.15) is 51.9 Å². The van der Waals surface area contributed by atoms with Crippen LogP contribution in [0.5, 0.6) is 0 Å². The Bertz CT molecular complexity index is 202. The molecule has 0 heterocycles. The predicted octanol–water partition coefficient (Wildman–Crippen LogP) is 2.20. The molecule has 0 rings (SSSR count). The van der Waals surface area contributed by atoms with Crippen molar-refractivity contribution in [3.63, 3.8) is 0 Å². The van der Waals surface area contributed by atoms with Crippen LogP contribution in [0.3, 0.4) is 0 Å². The largest absolute Gasteiger partial charge is 0.370 e. The van der Waals surface area contributed by atoms with Crippen molar-refractivity contribution in [2.24, 2.45) is 10.7 Å². The number of nitrogens with two attached hydrogens (primary N) is 1. The van der Waals surface area contributed by atoms with Crippen molar-refractivity contribution in [3.05, 3.63) is 0 Å². The first-order valence-electron chi connectivity index (χ1n) is 7.35. The average molecular weight is 256 g/mol. The fourth-order valence-electron chi connectivity index (χ4n) is 1.76. The highest BCUT2D eigenvalue weighted by molar-refractivity contribution is 5.77. The Balaban J connectivity index is 3.30. The standard InChI is InChI=1S/C14H32N4/c1-4-5-6-7-8-9-11-16-14(15)17-12-10-13-18(2)3/h4-13H2,1-3H3,(H3,15,16,17). The third kappa shape index (κ3) is 13.3. The van der Waals surface area contributed by atoms with Crippen LogP contribution in [-0.4, -0.2) is 44.6 Å². The first kappa shape index (κ1) is 17.2. The van der Waals surface area contributed by atoms with Gasteiger partial charge in [0, 0.05) is 13.1 Å². The van der Waals surface area contributed by atoms with E-state index in [2.05, 4.69) is 36.2 Å². The van der Waals surface area contributed by atoms with Crippen molar-refractivity contribution in [2.45, 2.75) is 51.9 Å². The summed E-state index contributed by atoms with van der Waals surface area (Å²) in [5, 5.41) is 3.18. The van der Waals surface area contributed by atoms with Gasteiger partial charge in [0.05, 0.1) is 0 Å². The molecule has 0 aromatic rings. The highest BCUT2D eigenvalue weighted by Crippen LogP contribution is 2.03. The fraction of sp³-hybridized carbons (Fsp3) is 0.929. The van der Waals surface area contributed by atoms with E-state index in [1.54, 1.807) is 0 Å². The molecule has 0 aliphatic heterocycles. The molecule has 3 N–H and O–H groups in total. The highest BCUT2D eigenvalue weighted by atomic mass is 15.1. The molecule has 18 heavy (non-hydrogen) atoms. The van der Waals surface area contributed by atoms with Crippen LogP contribution in [0.2, 0.25) is 0 Å². The van der Waals surface area contributed by atoms with Crippen LogP contribution >= 0.6 is 0 Å². The van der Waals surface area contributed by atoms with E-state index >= 15 is 0 Å². The summed E-state index contributed by atoms with van der Waals surface area (Å²) >= 11 is 0. The van der Waals surface area contributed by atoms with E-state index in [9.17, 15) is 0 Å². The van der Waals surface area contributed by atoms with Gasteiger partial charge in [-0.2, -0.15) is 0 Å². The van der Waals surface area contributed by atoms with Crippen LogP contribution in [0, 0.1) is 0 Å². The second-order valence-electron chi connectivity index (χ2n) is 5.12. The molecule has 0 spiro atoms. The maximum absolute atomic E-state index is 5.78. The van der Waals surface area contributed by atoms with E-state index < -0.39 is 0 Å². The summed E-state index contributed by atoms with van der Waals surface area (Å²) in [5.74, 6) is 0.599. The van der Waals surface area contributed by atoms with Gasteiger partial charge in [-0.1, -0.05) is 39.0 Å². The van der Waals surface area contributed by atoms with Crippen molar-refractivity contribution >= 4 is 5.96 Å². The van der Waals surface area contributed by atoms with Crippen molar-refractivity contribution in [2.75, 3.05) is 33.7 Å². The molecule has 0 fully saturated rings. The Labute approximate surface area is 113 Å². The second kappa shape index (κ2) is 12.7. The zero-order valence-electron chi connectivity index (χ0n) is 12.5. The lowest BCUT2D eigenvalue weighted by Crippen LogP contribution is -2.32. The Morgan fingerprint density at radius 1 is 1.06 bits per heavy atom. The van der Waals surface area contributed by atoms with Gasteiger partial charge in [0.15, 0.2) is 5.96 Å². The van der Waals surface area contributed by atoms with Crippen molar-refractivity contribution in [1.82, 2.24) is 10.2 Å². The number of guanidine groups is 1. The molecule has 108 valence electrons. The SMILES string of the molecule is CCCCCCCCNC(N)=NCCCN(C)C. The summed E-state index contributed by atoms with van der Waals surface area (Å²) in [6, 6.07) is 0. The van der Waals surface area contributed by atoms with E-state index in [0.717, 1.165) is 26.1 Å². The molecule has 0 radical (unpaired) electrons. The van der Waals surface area contributed by atoms with E-state index in [1.165, 1.54) is 38.5 Å². The third-order valence-corrected chi connectivity index (χ3v) is 2.88. The molecule has 0 bridgehead atoms. The van der Waals surface area contributed by atoms with Gasteiger partial charge < -0.3 is 16.0 Å². The number of nitrogens with zero attached hydrogens (tertiary/aromatic N) is 2. The van der Waals surface area contributed by atoms with E-state index in [0.29, 0.717) is 5.96 Å². The van der Waals surface area contributed by atoms with Gasteiger partial charge in [-0.3, -0.25) is 4.99 Å². The van der Waals surface area contributed by atoms with Crippen molar-refractivity contribution < 1.29 is 0 Å². The van der Waals surface area contributed by atoms with E-state index in [1.807, 2.05) is 0 Å². The molecule has 0 aromatic heterocycles. The van der Waals surface area contributed by atoms with Gasteiger partial charge in [0.1, 0.15) is 0 Å². The Hall–Kier alpha value is -0.770. The quantitative estimate of drug-likeness (QED) is 0.338. The Morgan fingerprint density at radius 3 is 2.39 bits per heavy atom. The molecule has 0 aliphatic rings. The molecule has 0 atom stereocenters. The van der Waals surface area contributed by atoms with Crippen LogP contribution in [0.4, 0.5) is 0 Å². The second-order valence-corrected chi connectivity index (χ2v) is 5.12. The Kier molecular flexibility index (Phi) is 12.1. The minimum atomic E-state index is 0.599. The van der Waals surface area contributed by atoms with Crippen LogP contribution < -0.4 is 11.1 Å². The minimum absolute atomic E-state index is 0.599. The average Bonchev–Trinajstić information content (AvgIpc) is 2.33. The van der Waals surface area contributed by atoms with Crippen LogP contribution in [0.15, 0.2) is 4.99 Å². The summed E-state index contributed by atoms with van der Waals surface area (Å²) in [5.41, 5.74) is 5.78. The van der Waals surface area contributed by atoms with Gasteiger partial charge in [-0.15, -0.1) is 0 Å². The zero-order chi connectivity index (χ0) is 13.6.